The molecule has 27 heavy (non-hydrogen) atoms. The van der Waals surface area contributed by atoms with Crippen molar-refractivity contribution in [1.82, 2.24) is 15.4 Å². The van der Waals surface area contributed by atoms with E-state index in [1.165, 1.54) is 23.1 Å². The van der Waals surface area contributed by atoms with E-state index in [2.05, 4.69) is 20.1 Å². The summed E-state index contributed by atoms with van der Waals surface area (Å²) in [6.45, 7) is 3.45. The molecule has 2 fully saturated rings. The van der Waals surface area contributed by atoms with Crippen LogP contribution in [0.1, 0.15) is 0 Å². The van der Waals surface area contributed by atoms with Gasteiger partial charge in [-0.3, -0.25) is 14.6 Å². The highest BCUT2D eigenvalue weighted by Crippen LogP contribution is 2.30. The summed E-state index contributed by atoms with van der Waals surface area (Å²) in [5.41, 5.74) is 0.729. The third-order valence-electron chi connectivity index (χ3n) is 4.64. The Kier molecular flexibility index (Phi) is 4.52. The molecule has 144 valence electrons. The Labute approximate surface area is 152 Å². The quantitative estimate of drug-likeness (QED) is 0.874. The fraction of sp³-hybridized carbons (Fsp3) is 0.412. The fourth-order valence-electron chi connectivity index (χ4n) is 3.38. The predicted octanol–water partition coefficient (Wildman–Crippen LogP) is 1.86. The van der Waals surface area contributed by atoms with Crippen LogP contribution in [0.3, 0.4) is 0 Å². The van der Waals surface area contributed by atoms with Gasteiger partial charge in [-0.15, -0.1) is 13.2 Å². The van der Waals surface area contributed by atoms with Crippen LogP contribution >= 0.6 is 0 Å². The van der Waals surface area contributed by atoms with Crippen molar-refractivity contribution in [3.8, 4) is 17.0 Å². The van der Waals surface area contributed by atoms with Crippen molar-refractivity contribution in [1.29, 1.82) is 0 Å². The molecule has 3 heterocycles. The molecule has 4 rings (SSSR count). The molecule has 1 atom stereocenters. The van der Waals surface area contributed by atoms with Gasteiger partial charge in [-0.25, -0.2) is 0 Å². The molecule has 1 amide bonds. The highest BCUT2D eigenvalue weighted by atomic mass is 19.4. The number of halogens is 3. The van der Waals surface area contributed by atoms with Gasteiger partial charge >= 0.3 is 6.36 Å². The molecule has 7 nitrogen and oxygen atoms in total. The van der Waals surface area contributed by atoms with Gasteiger partial charge < -0.3 is 14.6 Å². The van der Waals surface area contributed by atoms with E-state index in [1.807, 2.05) is 0 Å². The van der Waals surface area contributed by atoms with E-state index >= 15 is 0 Å². The summed E-state index contributed by atoms with van der Waals surface area (Å²) in [5.74, 6) is -0.143. The SMILES string of the molecule is O=C1[C@H]2CNCCN2CCN1c1cc(-c2cccc(OC(F)(F)F)c2)no1. The number of nitrogens with one attached hydrogen (secondary N) is 1. The number of rotatable bonds is 3. The van der Waals surface area contributed by atoms with Gasteiger partial charge in [-0.05, 0) is 12.1 Å². The molecule has 0 spiro atoms. The summed E-state index contributed by atoms with van der Waals surface area (Å²) in [7, 11) is 0. The Morgan fingerprint density at radius 2 is 2.07 bits per heavy atom. The van der Waals surface area contributed by atoms with Crippen LogP contribution in [0.4, 0.5) is 19.1 Å². The summed E-state index contributed by atoms with van der Waals surface area (Å²) < 4.78 is 46.4. The van der Waals surface area contributed by atoms with Crippen LogP contribution in [-0.4, -0.2) is 61.1 Å². The van der Waals surface area contributed by atoms with Gasteiger partial charge in [0.05, 0.1) is 0 Å². The van der Waals surface area contributed by atoms with Crippen molar-refractivity contribution in [2.75, 3.05) is 37.6 Å². The van der Waals surface area contributed by atoms with E-state index in [0.717, 1.165) is 19.6 Å². The number of nitrogens with zero attached hydrogens (tertiary/aromatic N) is 3. The molecule has 0 saturated carbocycles. The number of carbonyl (C=O) groups is 1. The van der Waals surface area contributed by atoms with Crippen LogP contribution < -0.4 is 15.0 Å². The molecule has 0 aliphatic carbocycles. The number of carbonyl (C=O) groups excluding carboxylic acids is 1. The van der Waals surface area contributed by atoms with Gasteiger partial charge in [0.1, 0.15) is 17.5 Å². The van der Waals surface area contributed by atoms with Crippen LogP contribution in [-0.2, 0) is 4.79 Å². The number of anilines is 1. The van der Waals surface area contributed by atoms with E-state index < -0.39 is 6.36 Å². The number of amides is 1. The minimum absolute atomic E-state index is 0.0784. The van der Waals surface area contributed by atoms with E-state index in [1.54, 1.807) is 12.1 Å². The molecule has 10 heteroatoms. The van der Waals surface area contributed by atoms with Gasteiger partial charge in [0.15, 0.2) is 0 Å². The maximum absolute atomic E-state index is 12.7. The zero-order valence-electron chi connectivity index (χ0n) is 14.2. The van der Waals surface area contributed by atoms with E-state index in [0.29, 0.717) is 24.3 Å². The summed E-state index contributed by atoms with van der Waals surface area (Å²) in [5, 5.41) is 7.10. The van der Waals surface area contributed by atoms with Crippen molar-refractivity contribution in [2.45, 2.75) is 12.4 Å². The number of ether oxygens (including phenoxy) is 1. The Bertz CT molecular complexity index is 839. The van der Waals surface area contributed by atoms with Crippen LogP contribution in [0.15, 0.2) is 34.9 Å². The summed E-state index contributed by atoms with van der Waals surface area (Å²) >= 11 is 0. The van der Waals surface area contributed by atoms with Crippen LogP contribution in [0.25, 0.3) is 11.3 Å². The second-order valence-electron chi connectivity index (χ2n) is 6.37. The molecule has 0 unspecified atom stereocenters. The number of hydrogen-bond donors (Lipinski definition) is 1. The number of benzene rings is 1. The second-order valence-corrected chi connectivity index (χ2v) is 6.37. The number of alkyl halides is 3. The maximum atomic E-state index is 12.7. The molecule has 2 aromatic rings. The van der Waals surface area contributed by atoms with Gasteiger partial charge in [-0.2, -0.15) is 0 Å². The minimum Gasteiger partial charge on any atom is -0.406 e. The van der Waals surface area contributed by atoms with Crippen LogP contribution in [0.5, 0.6) is 5.75 Å². The third-order valence-corrected chi connectivity index (χ3v) is 4.64. The highest BCUT2D eigenvalue weighted by molar-refractivity contribution is 5.97. The first kappa shape index (κ1) is 17.8. The lowest BCUT2D eigenvalue weighted by Gasteiger charge is -2.42. The monoisotopic (exact) mass is 382 g/mol. The van der Waals surface area contributed by atoms with Crippen molar-refractivity contribution in [2.24, 2.45) is 0 Å². The Morgan fingerprint density at radius 1 is 1.22 bits per heavy atom. The molecule has 1 aromatic heterocycles. The van der Waals surface area contributed by atoms with Gasteiger partial charge in [0.2, 0.25) is 11.8 Å². The average Bonchev–Trinajstić information content (AvgIpc) is 3.11. The molecule has 1 aromatic carbocycles. The topological polar surface area (TPSA) is 70.8 Å². The number of aromatic nitrogens is 1. The fourth-order valence-corrected chi connectivity index (χ4v) is 3.38. The molecule has 0 bridgehead atoms. The lowest BCUT2D eigenvalue weighted by atomic mass is 10.1. The Morgan fingerprint density at radius 3 is 2.89 bits per heavy atom. The first-order chi connectivity index (χ1) is 12.9. The standard InChI is InChI=1S/C17H17F3N4O3/c18-17(19,20)26-12-3-1-2-11(8-12)13-9-15(27-22-13)24-7-6-23-5-4-21-10-14(23)16(24)25/h1-3,8-9,14,21H,4-7,10H2/t14-/m1/s1. The van der Waals surface area contributed by atoms with Crippen molar-refractivity contribution < 1.29 is 27.2 Å². The molecule has 1 N–H and O–H groups in total. The molecule has 2 aliphatic heterocycles. The zero-order valence-corrected chi connectivity index (χ0v) is 14.2. The smallest absolute Gasteiger partial charge is 0.406 e. The average molecular weight is 382 g/mol. The summed E-state index contributed by atoms with van der Waals surface area (Å²) in [6.07, 6.45) is -4.77. The van der Waals surface area contributed by atoms with Crippen LogP contribution in [0.2, 0.25) is 0 Å². The number of hydrogen-bond acceptors (Lipinski definition) is 6. The van der Waals surface area contributed by atoms with Gasteiger partial charge in [0, 0.05) is 44.4 Å². The second kappa shape index (κ2) is 6.86. The van der Waals surface area contributed by atoms with Crippen molar-refractivity contribution in [3.05, 3.63) is 30.3 Å². The molecular weight excluding hydrogens is 365 g/mol. The van der Waals surface area contributed by atoms with Crippen molar-refractivity contribution in [3.63, 3.8) is 0 Å². The van der Waals surface area contributed by atoms with E-state index in [-0.39, 0.29) is 23.6 Å². The molecule has 2 saturated heterocycles. The minimum atomic E-state index is -4.77. The third kappa shape index (κ3) is 3.76. The van der Waals surface area contributed by atoms with E-state index in [9.17, 15) is 18.0 Å². The molecular formula is C17H17F3N4O3. The first-order valence-electron chi connectivity index (χ1n) is 8.50. The lowest BCUT2D eigenvalue weighted by molar-refractivity contribution is -0.274. The Balaban J connectivity index is 1.54. The summed E-state index contributed by atoms with van der Waals surface area (Å²) in [6, 6.07) is 6.76. The number of fused-ring (bicyclic) bond motifs is 1. The number of piperazine rings is 2. The molecule has 0 radical (unpaired) electrons. The highest BCUT2D eigenvalue weighted by Gasteiger charge is 2.38. The van der Waals surface area contributed by atoms with Crippen LogP contribution in [0, 0.1) is 0 Å². The maximum Gasteiger partial charge on any atom is 0.573 e. The largest absolute Gasteiger partial charge is 0.573 e. The predicted molar refractivity (Wildman–Crippen MR) is 89.2 cm³/mol. The Hall–Kier alpha value is -2.59. The first-order valence-corrected chi connectivity index (χ1v) is 8.50. The van der Waals surface area contributed by atoms with Crippen molar-refractivity contribution >= 4 is 11.8 Å². The van der Waals surface area contributed by atoms with E-state index in [4.69, 9.17) is 4.52 Å². The summed E-state index contributed by atoms with van der Waals surface area (Å²) in [4.78, 5) is 16.4. The van der Waals surface area contributed by atoms with Gasteiger partial charge in [-0.1, -0.05) is 17.3 Å². The normalized spacial score (nSPS) is 21.2. The molecule has 2 aliphatic rings. The zero-order chi connectivity index (χ0) is 19.0. The van der Waals surface area contributed by atoms with Gasteiger partial charge in [0.25, 0.3) is 0 Å². The lowest BCUT2D eigenvalue weighted by Crippen LogP contribution is -2.64.